The van der Waals surface area contributed by atoms with E-state index in [0.717, 1.165) is 25.7 Å². The zero-order chi connectivity index (χ0) is 11.3. The van der Waals surface area contributed by atoms with Crippen LogP contribution in [0.4, 0.5) is 0 Å². The van der Waals surface area contributed by atoms with Crippen molar-refractivity contribution in [3.05, 3.63) is 0 Å². The second-order valence-electron chi connectivity index (χ2n) is 4.07. The van der Waals surface area contributed by atoms with Gasteiger partial charge in [-0.15, -0.1) is 0 Å². The first-order valence-electron chi connectivity index (χ1n) is 5.45. The Kier molecular flexibility index (Phi) is 4.75. The molecule has 0 saturated heterocycles. The highest BCUT2D eigenvalue weighted by molar-refractivity contribution is 5.79. The molecule has 1 N–H and O–H groups in total. The number of rotatable bonds is 4. The van der Waals surface area contributed by atoms with Gasteiger partial charge < -0.3 is 10.1 Å². The molecular formula is C11H19NO3. The molecule has 1 fully saturated rings. The van der Waals surface area contributed by atoms with Gasteiger partial charge >= 0.3 is 5.97 Å². The third-order valence-corrected chi connectivity index (χ3v) is 3.02. The van der Waals surface area contributed by atoms with Gasteiger partial charge in [-0.2, -0.15) is 0 Å². The molecule has 15 heavy (non-hydrogen) atoms. The van der Waals surface area contributed by atoms with E-state index >= 15 is 0 Å². The molecule has 0 aliphatic heterocycles. The molecule has 0 radical (unpaired) electrons. The van der Waals surface area contributed by atoms with Crippen LogP contribution in [0.15, 0.2) is 0 Å². The molecule has 1 saturated carbocycles. The SMILES string of the molecule is COC(=O)CNC1CCCCC1C(C)=O. The smallest absolute Gasteiger partial charge is 0.319 e. The Labute approximate surface area is 90.4 Å². The molecule has 0 bridgehead atoms. The molecule has 0 spiro atoms. The Morgan fingerprint density at radius 1 is 1.33 bits per heavy atom. The van der Waals surface area contributed by atoms with E-state index in [1.54, 1.807) is 6.92 Å². The number of ether oxygens (including phenoxy) is 1. The fraction of sp³-hybridized carbons (Fsp3) is 0.818. The summed E-state index contributed by atoms with van der Waals surface area (Å²) in [6.45, 7) is 1.83. The second kappa shape index (κ2) is 5.85. The Bertz CT molecular complexity index is 240. The van der Waals surface area contributed by atoms with Gasteiger partial charge in [0.15, 0.2) is 0 Å². The van der Waals surface area contributed by atoms with E-state index in [0.29, 0.717) is 0 Å². The first-order valence-corrected chi connectivity index (χ1v) is 5.45. The van der Waals surface area contributed by atoms with Crippen LogP contribution in [0.1, 0.15) is 32.6 Å². The molecule has 0 aromatic heterocycles. The summed E-state index contributed by atoms with van der Waals surface area (Å²) in [4.78, 5) is 22.3. The molecule has 0 aromatic rings. The molecule has 1 aliphatic rings. The highest BCUT2D eigenvalue weighted by Gasteiger charge is 2.28. The quantitative estimate of drug-likeness (QED) is 0.705. The molecule has 1 rings (SSSR count). The van der Waals surface area contributed by atoms with E-state index in [4.69, 9.17) is 0 Å². The summed E-state index contributed by atoms with van der Waals surface area (Å²) >= 11 is 0. The van der Waals surface area contributed by atoms with Crippen molar-refractivity contribution in [1.82, 2.24) is 5.32 Å². The molecular weight excluding hydrogens is 194 g/mol. The maximum absolute atomic E-state index is 11.4. The number of hydrogen-bond acceptors (Lipinski definition) is 4. The molecule has 4 heteroatoms. The van der Waals surface area contributed by atoms with Crippen LogP contribution in [0.5, 0.6) is 0 Å². The predicted molar refractivity (Wildman–Crippen MR) is 56.4 cm³/mol. The number of methoxy groups -OCH3 is 1. The standard InChI is InChI=1S/C11H19NO3/c1-8(13)9-5-3-4-6-10(9)12-7-11(14)15-2/h9-10,12H,3-7H2,1-2H3. The molecule has 0 amide bonds. The van der Waals surface area contributed by atoms with Crippen molar-refractivity contribution in [3.63, 3.8) is 0 Å². The summed E-state index contributed by atoms with van der Waals surface area (Å²) in [5.74, 6) is 0.0170. The lowest BCUT2D eigenvalue weighted by atomic mass is 9.82. The van der Waals surface area contributed by atoms with E-state index in [1.807, 2.05) is 0 Å². The summed E-state index contributed by atoms with van der Waals surface area (Å²) in [5, 5.41) is 3.11. The predicted octanol–water partition coefficient (Wildman–Crippen LogP) is 0.897. The highest BCUT2D eigenvalue weighted by atomic mass is 16.5. The summed E-state index contributed by atoms with van der Waals surface area (Å²) < 4.78 is 4.55. The van der Waals surface area contributed by atoms with E-state index in [2.05, 4.69) is 10.1 Å². The Balaban J connectivity index is 2.42. The van der Waals surface area contributed by atoms with Crippen LogP contribution in [-0.4, -0.2) is 31.4 Å². The second-order valence-corrected chi connectivity index (χ2v) is 4.07. The molecule has 86 valence electrons. The maximum atomic E-state index is 11.4. The first-order chi connectivity index (χ1) is 7.15. The van der Waals surface area contributed by atoms with Gasteiger partial charge in [0.1, 0.15) is 5.78 Å². The molecule has 2 unspecified atom stereocenters. The van der Waals surface area contributed by atoms with Crippen molar-refractivity contribution in [2.75, 3.05) is 13.7 Å². The monoisotopic (exact) mass is 213 g/mol. The minimum atomic E-state index is -0.275. The lowest BCUT2D eigenvalue weighted by Crippen LogP contribution is -2.43. The van der Waals surface area contributed by atoms with Crippen molar-refractivity contribution < 1.29 is 14.3 Å². The van der Waals surface area contributed by atoms with Crippen molar-refractivity contribution in [2.45, 2.75) is 38.6 Å². The number of carbonyl (C=O) groups excluding carboxylic acids is 2. The van der Waals surface area contributed by atoms with E-state index in [9.17, 15) is 9.59 Å². The average Bonchev–Trinajstić information content (AvgIpc) is 2.26. The van der Waals surface area contributed by atoms with Gasteiger partial charge in [-0.3, -0.25) is 9.59 Å². The number of carbonyl (C=O) groups is 2. The van der Waals surface area contributed by atoms with Gasteiger partial charge in [0.25, 0.3) is 0 Å². The highest BCUT2D eigenvalue weighted by Crippen LogP contribution is 2.24. The lowest BCUT2D eigenvalue weighted by Gasteiger charge is -2.30. The minimum Gasteiger partial charge on any atom is -0.468 e. The Hall–Kier alpha value is -0.900. The van der Waals surface area contributed by atoms with Crippen molar-refractivity contribution in [2.24, 2.45) is 5.92 Å². The van der Waals surface area contributed by atoms with Crippen LogP contribution in [0.25, 0.3) is 0 Å². The first kappa shape index (κ1) is 12.2. The van der Waals surface area contributed by atoms with E-state index in [1.165, 1.54) is 7.11 Å². The van der Waals surface area contributed by atoms with Crippen molar-refractivity contribution in [3.8, 4) is 0 Å². The number of hydrogen-bond donors (Lipinski definition) is 1. The third-order valence-electron chi connectivity index (χ3n) is 3.02. The topological polar surface area (TPSA) is 55.4 Å². The summed E-state index contributed by atoms with van der Waals surface area (Å²) in [5.41, 5.74) is 0. The summed E-state index contributed by atoms with van der Waals surface area (Å²) in [6, 6.07) is 0.148. The Morgan fingerprint density at radius 3 is 2.60 bits per heavy atom. The van der Waals surface area contributed by atoms with Crippen molar-refractivity contribution >= 4 is 11.8 Å². The van der Waals surface area contributed by atoms with Crippen LogP contribution in [-0.2, 0) is 14.3 Å². The van der Waals surface area contributed by atoms with Gasteiger partial charge in [-0.1, -0.05) is 12.8 Å². The molecule has 2 atom stereocenters. The van der Waals surface area contributed by atoms with E-state index < -0.39 is 0 Å². The van der Waals surface area contributed by atoms with Crippen LogP contribution in [0, 0.1) is 5.92 Å². The zero-order valence-corrected chi connectivity index (χ0v) is 9.41. The van der Waals surface area contributed by atoms with Crippen LogP contribution in [0.3, 0.4) is 0 Å². The fourth-order valence-electron chi connectivity index (χ4n) is 2.15. The molecule has 1 aliphatic carbocycles. The number of nitrogens with one attached hydrogen (secondary N) is 1. The van der Waals surface area contributed by atoms with Gasteiger partial charge in [-0.05, 0) is 19.8 Å². The fourth-order valence-corrected chi connectivity index (χ4v) is 2.15. The van der Waals surface area contributed by atoms with Gasteiger partial charge in [0.05, 0.1) is 13.7 Å². The maximum Gasteiger partial charge on any atom is 0.319 e. The summed E-state index contributed by atoms with van der Waals surface area (Å²) in [6.07, 6.45) is 4.15. The number of Topliss-reactive ketones (excluding diaryl/α,β-unsaturated/α-hetero) is 1. The van der Waals surface area contributed by atoms with E-state index in [-0.39, 0.29) is 30.3 Å². The van der Waals surface area contributed by atoms with Gasteiger partial charge in [0, 0.05) is 12.0 Å². The number of esters is 1. The number of ketones is 1. The van der Waals surface area contributed by atoms with Crippen LogP contribution < -0.4 is 5.32 Å². The lowest BCUT2D eigenvalue weighted by molar-refractivity contribution is -0.140. The molecule has 0 heterocycles. The Morgan fingerprint density at radius 2 is 2.00 bits per heavy atom. The van der Waals surface area contributed by atoms with Crippen LogP contribution >= 0.6 is 0 Å². The third kappa shape index (κ3) is 3.63. The average molecular weight is 213 g/mol. The minimum absolute atomic E-state index is 0.0726. The van der Waals surface area contributed by atoms with Crippen molar-refractivity contribution in [1.29, 1.82) is 0 Å². The molecule has 0 aromatic carbocycles. The van der Waals surface area contributed by atoms with Gasteiger partial charge in [-0.25, -0.2) is 0 Å². The van der Waals surface area contributed by atoms with Crippen LogP contribution in [0.2, 0.25) is 0 Å². The normalized spacial score (nSPS) is 26.0. The molecule has 4 nitrogen and oxygen atoms in total. The van der Waals surface area contributed by atoms with Gasteiger partial charge in [0.2, 0.25) is 0 Å². The largest absolute Gasteiger partial charge is 0.468 e. The zero-order valence-electron chi connectivity index (χ0n) is 9.41. The summed E-state index contributed by atoms with van der Waals surface area (Å²) in [7, 11) is 1.37.